The SMILES string of the molecule is Cc1cc(NC(C)(C)C2CC2)c(Br)cc1N. The van der Waals surface area contributed by atoms with E-state index in [9.17, 15) is 0 Å². The third-order valence-electron chi connectivity index (χ3n) is 3.41. The maximum absolute atomic E-state index is 5.87. The van der Waals surface area contributed by atoms with Gasteiger partial charge in [0.05, 0.1) is 0 Å². The molecule has 0 saturated heterocycles. The highest BCUT2D eigenvalue weighted by atomic mass is 79.9. The van der Waals surface area contributed by atoms with Crippen LogP contribution >= 0.6 is 15.9 Å². The maximum Gasteiger partial charge on any atom is 0.0493 e. The second-order valence-electron chi connectivity index (χ2n) is 5.31. The number of nitrogens with one attached hydrogen (secondary N) is 1. The van der Waals surface area contributed by atoms with Crippen molar-refractivity contribution in [2.24, 2.45) is 5.92 Å². The number of hydrogen-bond acceptors (Lipinski definition) is 2. The van der Waals surface area contributed by atoms with Crippen LogP contribution in [0.2, 0.25) is 0 Å². The van der Waals surface area contributed by atoms with Crippen molar-refractivity contribution >= 4 is 27.3 Å². The number of nitrogens with two attached hydrogens (primary N) is 1. The van der Waals surface area contributed by atoms with Gasteiger partial charge in [0.15, 0.2) is 0 Å². The number of rotatable bonds is 3. The highest BCUT2D eigenvalue weighted by molar-refractivity contribution is 9.10. The van der Waals surface area contributed by atoms with Crippen LogP contribution in [0.25, 0.3) is 0 Å². The van der Waals surface area contributed by atoms with E-state index in [1.54, 1.807) is 0 Å². The standard InChI is InChI=1S/C13H19BrN2/c1-8-6-12(10(14)7-11(8)15)16-13(2,3)9-4-5-9/h6-7,9,16H,4-5,15H2,1-3H3. The van der Waals surface area contributed by atoms with Gasteiger partial charge in [-0.05, 0) is 73.2 Å². The molecule has 0 radical (unpaired) electrons. The van der Waals surface area contributed by atoms with Crippen molar-refractivity contribution in [3.63, 3.8) is 0 Å². The summed E-state index contributed by atoms with van der Waals surface area (Å²) in [5.41, 5.74) is 9.14. The molecule has 3 heteroatoms. The lowest BCUT2D eigenvalue weighted by Gasteiger charge is -2.28. The quantitative estimate of drug-likeness (QED) is 0.824. The summed E-state index contributed by atoms with van der Waals surface area (Å²) in [6.07, 6.45) is 2.68. The molecule has 1 aromatic carbocycles. The Morgan fingerprint density at radius 1 is 1.38 bits per heavy atom. The minimum atomic E-state index is 0.172. The summed E-state index contributed by atoms with van der Waals surface area (Å²) in [6, 6.07) is 4.09. The summed E-state index contributed by atoms with van der Waals surface area (Å²) in [7, 11) is 0. The number of aryl methyl sites for hydroxylation is 1. The Bertz CT molecular complexity index is 409. The largest absolute Gasteiger partial charge is 0.398 e. The summed E-state index contributed by atoms with van der Waals surface area (Å²) in [4.78, 5) is 0. The van der Waals surface area contributed by atoms with Crippen molar-refractivity contribution in [3.05, 3.63) is 22.2 Å². The van der Waals surface area contributed by atoms with Crippen molar-refractivity contribution in [1.29, 1.82) is 0 Å². The van der Waals surface area contributed by atoms with E-state index in [-0.39, 0.29) is 5.54 Å². The second-order valence-corrected chi connectivity index (χ2v) is 6.16. The number of anilines is 2. The van der Waals surface area contributed by atoms with Crippen LogP contribution in [0, 0.1) is 12.8 Å². The average molecular weight is 283 g/mol. The zero-order chi connectivity index (χ0) is 11.9. The molecular weight excluding hydrogens is 264 g/mol. The first-order valence-corrected chi connectivity index (χ1v) is 6.53. The number of benzene rings is 1. The van der Waals surface area contributed by atoms with Gasteiger partial charge in [-0.2, -0.15) is 0 Å². The van der Waals surface area contributed by atoms with E-state index in [1.165, 1.54) is 12.8 Å². The molecule has 2 rings (SSSR count). The minimum absolute atomic E-state index is 0.172. The minimum Gasteiger partial charge on any atom is -0.398 e. The van der Waals surface area contributed by atoms with Crippen LogP contribution in [0.3, 0.4) is 0 Å². The van der Waals surface area contributed by atoms with Crippen LogP contribution in [-0.2, 0) is 0 Å². The summed E-state index contributed by atoms with van der Waals surface area (Å²) in [5, 5.41) is 3.61. The van der Waals surface area contributed by atoms with Gasteiger partial charge in [0.2, 0.25) is 0 Å². The van der Waals surface area contributed by atoms with Gasteiger partial charge in [0.1, 0.15) is 0 Å². The highest BCUT2D eigenvalue weighted by Crippen LogP contribution is 2.42. The number of nitrogen functional groups attached to an aromatic ring is 1. The molecule has 0 bridgehead atoms. The van der Waals surface area contributed by atoms with E-state index in [4.69, 9.17) is 5.73 Å². The topological polar surface area (TPSA) is 38.0 Å². The fraction of sp³-hybridized carbons (Fsp3) is 0.538. The monoisotopic (exact) mass is 282 g/mol. The Morgan fingerprint density at radius 3 is 2.56 bits per heavy atom. The molecule has 0 amide bonds. The third-order valence-corrected chi connectivity index (χ3v) is 4.07. The molecule has 3 N–H and O–H groups in total. The van der Waals surface area contributed by atoms with Crippen LogP contribution in [0.15, 0.2) is 16.6 Å². The van der Waals surface area contributed by atoms with E-state index in [2.05, 4.69) is 41.2 Å². The summed E-state index contributed by atoms with van der Waals surface area (Å²) in [6.45, 7) is 6.57. The maximum atomic E-state index is 5.87. The summed E-state index contributed by atoms with van der Waals surface area (Å²) in [5.74, 6) is 0.803. The molecule has 0 aliphatic heterocycles. The molecule has 88 valence electrons. The third kappa shape index (κ3) is 2.34. The normalized spacial score (nSPS) is 16.2. The van der Waals surface area contributed by atoms with Crippen LogP contribution in [0.1, 0.15) is 32.3 Å². The van der Waals surface area contributed by atoms with E-state index in [0.29, 0.717) is 0 Å². The molecule has 0 unspecified atom stereocenters. The zero-order valence-electron chi connectivity index (χ0n) is 10.1. The molecular formula is C13H19BrN2. The van der Waals surface area contributed by atoms with Crippen molar-refractivity contribution < 1.29 is 0 Å². The Kier molecular flexibility index (Phi) is 2.91. The van der Waals surface area contributed by atoms with Gasteiger partial charge in [-0.3, -0.25) is 0 Å². The smallest absolute Gasteiger partial charge is 0.0493 e. The molecule has 0 aromatic heterocycles. The Morgan fingerprint density at radius 2 is 2.00 bits per heavy atom. The molecule has 0 spiro atoms. The molecule has 1 fully saturated rings. The molecule has 1 aliphatic rings. The summed E-state index contributed by atoms with van der Waals surface area (Å²) >= 11 is 3.56. The van der Waals surface area contributed by atoms with Crippen LogP contribution in [0.4, 0.5) is 11.4 Å². The Labute approximate surface area is 106 Å². The highest BCUT2D eigenvalue weighted by Gasteiger charge is 2.37. The van der Waals surface area contributed by atoms with E-state index in [1.807, 2.05) is 13.0 Å². The van der Waals surface area contributed by atoms with Gasteiger partial charge in [-0.15, -0.1) is 0 Å². The van der Waals surface area contributed by atoms with Crippen LogP contribution in [-0.4, -0.2) is 5.54 Å². The Balaban J connectivity index is 2.23. The van der Waals surface area contributed by atoms with Crippen molar-refractivity contribution in [2.75, 3.05) is 11.1 Å². The predicted octanol–water partition coefficient (Wildman–Crippen LogP) is 3.94. The lowest BCUT2D eigenvalue weighted by molar-refractivity contribution is 0.494. The van der Waals surface area contributed by atoms with Gasteiger partial charge >= 0.3 is 0 Å². The second kappa shape index (κ2) is 3.95. The summed E-state index contributed by atoms with van der Waals surface area (Å²) < 4.78 is 1.05. The fourth-order valence-electron chi connectivity index (χ4n) is 2.05. The first-order valence-electron chi connectivity index (χ1n) is 5.74. The van der Waals surface area contributed by atoms with Gasteiger partial charge in [0, 0.05) is 21.4 Å². The average Bonchev–Trinajstić information content (AvgIpc) is 2.96. The van der Waals surface area contributed by atoms with Crippen molar-refractivity contribution in [2.45, 2.75) is 39.2 Å². The number of hydrogen-bond donors (Lipinski definition) is 2. The number of halogens is 1. The van der Waals surface area contributed by atoms with E-state index in [0.717, 1.165) is 27.3 Å². The van der Waals surface area contributed by atoms with Crippen LogP contribution < -0.4 is 11.1 Å². The van der Waals surface area contributed by atoms with Crippen LogP contribution in [0.5, 0.6) is 0 Å². The molecule has 16 heavy (non-hydrogen) atoms. The zero-order valence-corrected chi connectivity index (χ0v) is 11.7. The van der Waals surface area contributed by atoms with Gasteiger partial charge in [-0.25, -0.2) is 0 Å². The van der Waals surface area contributed by atoms with Crippen molar-refractivity contribution in [1.82, 2.24) is 0 Å². The predicted molar refractivity (Wildman–Crippen MR) is 73.7 cm³/mol. The van der Waals surface area contributed by atoms with Gasteiger partial charge in [0.25, 0.3) is 0 Å². The van der Waals surface area contributed by atoms with Gasteiger partial charge in [-0.1, -0.05) is 0 Å². The lowest BCUT2D eigenvalue weighted by atomic mass is 9.98. The van der Waals surface area contributed by atoms with E-state index >= 15 is 0 Å². The molecule has 0 heterocycles. The first-order chi connectivity index (χ1) is 7.40. The Hall–Kier alpha value is -0.700. The molecule has 2 nitrogen and oxygen atoms in total. The van der Waals surface area contributed by atoms with E-state index < -0.39 is 0 Å². The fourth-order valence-corrected chi connectivity index (χ4v) is 2.51. The molecule has 1 aromatic rings. The first kappa shape index (κ1) is 11.8. The molecule has 1 saturated carbocycles. The molecule has 0 atom stereocenters. The van der Waals surface area contributed by atoms with Gasteiger partial charge < -0.3 is 11.1 Å². The molecule has 1 aliphatic carbocycles. The lowest BCUT2D eigenvalue weighted by Crippen LogP contribution is -2.33. The van der Waals surface area contributed by atoms with Crippen molar-refractivity contribution in [3.8, 4) is 0 Å².